The van der Waals surface area contributed by atoms with Crippen molar-refractivity contribution in [2.75, 3.05) is 11.9 Å². The van der Waals surface area contributed by atoms with Gasteiger partial charge in [0.05, 0.1) is 6.54 Å². The van der Waals surface area contributed by atoms with E-state index in [9.17, 15) is 4.79 Å². The minimum Gasteiger partial charge on any atom is -0.370 e. The normalized spacial score (nSPS) is 10.3. The quantitative estimate of drug-likeness (QED) is 0.750. The molecule has 0 saturated carbocycles. The number of hydrogen-bond donors (Lipinski definition) is 3. The Morgan fingerprint density at radius 3 is 2.95 bits per heavy atom. The van der Waals surface area contributed by atoms with Gasteiger partial charge in [0.1, 0.15) is 11.6 Å². The molecule has 0 aliphatic heterocycles. The highest BCUT2D eigenvalue weighted by molar-refractivity contribution is 5.94. The second-order valence-corrected chi connectivity index (χ2v) is 4.53. The lowest BCUT2D eigenvalue weighted by atomic mass is 10.2. The Morgan fingerprint density at radius 1 is 1.40 bits per heavy atom. The highest BCUT2D eigenvalue weighted by Gasteiger charge is 2.08. The van der Waals surface area contributed by atoms with Crippen molar-refractivity contribution in [3.05, 3.63) is 41.6 Å². The number of pyridine rings is 1. The first kappa shape index (κ1) is 14.0. The number of hydrogen-bond acceptors (Lipinski definition) is 4. The Morgan fingerprint density at radius 2 is 2.25 bits per heavy atom. The predicted molar refractivity (Wildman–Crippen MR) is 77.5 cm³/mol. The van der Waals surface area contributed by atoms with Gasteiger partial charge in [0.2, 0.25) is 0 Å². The number of nitrogens with one attached hydrogen (secondary N) is 3. The van der Waals surface area contributed by atoms with Crippen LogP contribution < -0.4 is 10.6 Å². The Kier molecular flexibility index (Phi) is 4.70. The first-order valence-electron chi connectivity index (χ1n) is 6.68. The highest BCUT2D eigenvalue weighted by atomic mass is 16.1. The van der Waals surface area contributed by atoms with Crippen LogP contribution in [0.25, 0.3) is 0 Å². The molecule has 0 aromatic carbocycles. The van der Waals surface area contributed by atoms with Crippen LogP contribution in [0.5, 0.6) is 0 Å². The SMILES string of the molecule is CCCNc1cc(C(=O)NCc2ncc[nH]2)cc(C)n1. The Labute approximate surface area is 118 Å². The van der Waals surface area contributed by atoms with E-state index in [0.29, 0.717) is 12.1 Å². The minimum absolute atomic E-state index is 0.133. The van der Waals surface area contributed by atoms with E-state index in [4.69, 9.17) is 0 Å². The average Bonchev–Trinajstić information content (AvgIpc) is 2.95. The zero-order valence-electron chi connectivity index (χ0n) is 11.7. The van der Waals surface area contributed by atoms with Gasteiger partial charge < -0.3 is 15.6 Å². The summed E-state index contributed by atoms with van der Waals surface area (Å²) in [6, 6.07) is 3.54. The summed E-state index contributed by atoms with van der Waals surface area (Å²) >= 11 is 0. The van der Waals surface area contributed by atoms with Crippen LogP contribution in [0, 0.1) is 6.92 Å². The van der Waals surface area contributed by atoms with Crippen molar-refractivity contribution in [2.24, 2.45) is 0 Å². The van der Waals surface area contributed by atoms with Gasteiger partial charge in [-0.3, -0.25) is 4.79 Å². The van der Waals surface area contributed by atoms with Crippen LogP contribution >= 0.6 is 0 Å². The summed E-state index contributed by atoms with van der Waals surface area (Å²) in [5, 5.41) is 6.01. The molecule has 1 amide bonds. The number of carbonyl (C=O) groups is 1. The van der Waals surface area contributed by atoms with Crippen LogP contribution in [0.4, 0.5) is 5.82 Å². The van der Waals surface area contributed by atoms with Gasteiger partial charge >= 0.3 is 0 Å². The number of aromatic amines is 1. The molecular formula is C14H19N5O. The molecule has 106 valence electrons. The van der Waals surface area contributed by atoms with Gasteiger partial charge in [-0.15, -0.1) is 0 Å². The van der Waals surface area contributed by atoms with E-state index >= 15 is 0 Å². The van der Waals surface area contributed by atoms with Crippen LogP contribution in [-0.2, 0) is 6.54 Å². The van der Waals surface area contributed by atoms with E-state index in [0.717, 1.165) is 30.3 Å². The van der Waals surface area contributed by atoms with E-state index in [1.54, 1.807) is 24.5 Å². The summed E-state index contributed by atoms with van der Waals surface area (Å²) in [5.74, 6) is 1.33. The maximum atomic E-state index is 12.1. The summed E-state index contributed by atoms with van der Waals surface area (Å²) in [6.45, 7) is 5.18. The summed E-state index contributed by atoms with van der Waals surface area (Å²) in [7, 11) is 0. The van der Waals surface area contributed by atoms with Crippen LogP contribution in [0.15, 0.2) is 24.5 Å². The van der Waals surface area contributed by atoms with Crippen molar-refractivity contribution in [1.29, 1.82) is 0 Å². The first-order chi connectivity index (χ1) is 9.69. The molecule has 2 aromatic heterocycles. The largest absolute Gasteiger partial charge is 0.370 e. The molecule has 0 saturated heterocycles. The summed E-state index contributed by atoms with van der Waals surface area (Å²) in [5.41, 5.74) is 1.41. The van der Waals surface area contributed by atoms with Gasteiger partial charge in [-0.05, 0) is 25.5 Å². The van der Waals surface area contributed by atoms with E-state index in [2.05, 4.69) is 32.5 Å². The Bertz CT molecular complexity index is 565. The third kappa shape index (κ3) is 3.81. The topological polar surface area (TPSA) is 82.7 Å². The molecule has 6 heteroatoms. The average molecular weight is 273 g/mol. The number of nitrogens with zero attached hydrogens (tertiary/aromatic N) is 2. The van der Waals surface area contributed by atoms with Crippen molar-refractivity contribution in [1.82, 2.24) is 20.3 Å². The summed E-state index contributed by atoms with van der Waals surface area (Å²) in [6.07, 6.45) is 4.39. The van der Waals surface area contributed by atoms with Crippen molar-refractivity contribution in [3.63, 3.8) is 0 Å². The third-order valence-corrected chi connectivity index (χ3v) is 2.74. The standard InChI is InChI=1S/C14H19N5O/c1-3-4-15-12-8-11(7-10(2)19-12)14(20)18-9-13-16-5-6-17-13/h5-8H,3-4,9H2,1-2H3,(H,15,19)(H,16,17)(H,18,20). The smallest absolute Gasteiger partial charge is 0.251 e. The second kappa shape index (κ2) is 6.70. The molecule has 6 nitrogen and oxygen atoms in total. The fourth-order valence-electron chi connectivity index (χ4n) is 1.80. The molecular weight excluding hydrogens is 254 g/mol. The van der Waals surface area contributed by atoms with Gasteiger partial charge in [-0.25, -0.2) is 9.97 Å². The monoisotopic (exact) mass is 273 g/mol. The molecule has 0 fully saturated rings. The Hall–Kier alpha value is -2.37. The van der Waals surface area contributed by atoms with E-state index in [1.807, 2.05) is 6.92 Å². The van der Waals surface area contributed by atoms with Gasteiger partial charge in [-0.2, -0.15) is 0 Å². The molecule has 20 heavy (non-hydrogen) atoms. The molecule has 0 aliphatic rings. The summed E-state index contributed by atoms with van der Waals surface area (Å²) < 4.78 is 0. The van der Waals surface area contributed by atoms with Crippen LogP contribution in [0.1, 0.15) is 35.2 Å². The molecule has 0 spiro atoms. The number of anilines is 1. The second-order valence-electron chi connectivity index (χ2n) is 4.53. The van der Waals surface area contributed by atoms with Crippen molar-refractivity contribution < 1.29 is 4.79 Å². The molecule has 2 aromatic rings. The number of amides is 1. The Balaban J connectivity index is 2.02. The lowest BCUT2D eigenvalue weighted by molar-refractivity contribution is 0.0950. The van der Waals surface area contributed by atoms with Gasteiger partial charge in [0.25, 0.3) is 5.91 Å². The van der Waals surface area contributed by atoms with Crippen LogP contribution in [0.2, 0.25) is 0 Å². The molecule has 0 radical (unpaired) electrons. The summed E-state index contributed by atoms with van der Waals surface area (Å²) in [4.78, 5) is 23.5. The molecule has 3 N–H and O–H groups in total. The van der Waals surface area contributed by atoms with Gasteiger partial charge in [0.15, 0.2) is 0 Å². The maximum Gasteiger partial charge on any atom is 0.251 e. The van der Waals surface area contributed by atoms with Crippen molar-refractivity contribution >= 4 is 11.7 Å². The maximum absolute atomic E-state index is 12.1. The number of aryl methyl sites for hydroxylation is 1. The third-order valence-electron chi connectivity index (χ3n) is 2.74. The fourth-order valence-corrected chi connectivity index (χ4v) is 1.80. The van der Waals surface area contributed by atoms with Crippen molar-refractivity contribution in [3.8, 4) is 0 Å². The van der Waals surface area contributed by atoms with Gasteiger partial charge in [-0.1, -0.05) is 6.92 Å². The minimum atomic E-state index is -0.133. The van der Waals surface area contributed by atoms with E-state index in [-0.39, 0.29) is 5.91 Å². The lowest BCUT2D eigenvalue weighted by Gasteiger charge is -2.08. The van der Waals surface area contributed by atoms with Crippen molar-refractivity contribution in [2.45, 2.75) is 26.8 Å². The molecule has 0 unspecified atom stereocenters. The zero-order chi connectivity index (χ0) is 14.4. The number of imidazole rings is 1. The number of aromatic nitrogens is 3. The lowest BCUT2D eigenvalue weighted by Crippen LogP contribution is -2.23. The number of carbonyl (C=O) groups excluding carboxylic acids is 1. The van der Waals surface area contributed by atoms with Crippen LogP contribution in [-0.4, -0.2) is 27.4 Å². The highest BCUT2D eigenvalue weighted by Crippen LogP contribution is 2.10. The number of H-pyrrole nitrogens is 1. The molecule has 2 heterocycles. The predicted octanol–water partition coefficient (Wildman–Crippen LogP) is 1.87. The molecule has 0 bridgehead atoms. The van der Waals surface area contributed by atoms with Gasteiger partial charge in [0, 0.05) is 30.2 Å². The first-order valence-corrected chi connectivity index (χ1v) is 6.68. The fraction of sp³-hybridized carbons (Fsp3) is 0.357. The molecule has 0 atom stereocenters. The zero-order valence-corrected chi connectivity index (χ0v) is 11.7. The van der Waals surface area contributed by atoms with Crippen LogP contribution in [0.3, 0.4) is 0 Å². The molecule has 0 aliphatic carbocycles. The molecule has 2 rings (SSSR count). The van der Waals surface area contributed by atoms with E-state index in [1.165, 1.54) is 0 Å². The number of rotatable bonds is 6. The van der Waals surface area contributed by atoms with E-state index < -0.39 is 0 Å².